The molecule has 0 bridgehead atoms. The summed E-state index contributed by atoms with van der Waals surface area (Å²) in [5.74, 6) is 2.44. The number of rotatable bonds is 1. The van der Waals surface area contributed by atoms with Gasteiger partial charge in [-0.25, -0.2) is 0 Å². The molecule has 3 heteroatoms. The molecule has 0 radical (unpaired) electrons. The Kier molecular flexibility index (Phi) is 3.87. The van der Waals surface area contributed by atoms with Gasteiger partial charge in [0.2, 0.25) is 0 Å². The van der Waals surface area contributed by atoms with Crippen molar-refractivity contribution >= 4 is 0 Å². The van der Waals surface area contributed by atoms with Crippen LogP contribution in [0.3, 0.4) is 0 Å². The van der Waals surface area contributed by atoms with E-state index in [1.54, 1.807) is 7.11 Å². The molecule has 0 saturated heterocycles. The van der Waals surface area contributed by atoms with Gasteiger partial charge in [0.1, 0.15) is 0 Å². The summed E-state index contributed by atoms with van der Waals surface area (Å²) in [6.07, 6.45) is 8.70. The first-order valence-corrected chi connectivity index (χ1v) is 9.78. The number of aliphatic hydroxyl groups excluding tert-OH is 2. The average Bonchev–Trinajstić information content (AvgIpc) is 2.88. The summed E-state index contributed by atoms with van der Waals surface area (Å²) >= 11 is 0. The molecule has 132 valence electrons. The molecular weight excluding hydrogens is 288 g/mol. The number of methoxy groups -OCH3 is 1. The van der Waals surface area contributed by atoms with Crippen molar-refractivity contribution in [2.45, 2.75) is 83.5 Å². The number of hydrogen-bond donors (Lipinski definition) is 2. The third-order valence-corrected chi connectivity index (χ3v) is 8.67. The maximum atomic E-state index is 11.1. The molecule has 9 atom stereocenters. The SMILES string of the molecule is CO[C@H]1C[C@@]2(C)[C@@H](CC[C@H]3[C@@H]4CCC[C@@]4(C)CC(O)[C@@H]32)C[C@@H]1O. The molecule has 4 saturated carbocycles. The predicted molar refractivity (Wildman–Crippen MR) is 89.9 cm³/mol. The molecule has 0 aromatic carbocycles. The van der Waals surface area contributed by atoms with Crippen LogP contribution in [0.4, 0.5) is 0 Å². The summed E-state index contributed by atoms with van der Waals surface area (Å²) in [6.45, 7) is 4.83. The second-order valence-electron chi connectivity index (χ2n) is 9.68. The maximum absolute atomic E-state index is 11.1. The zero-order chi connectivity index (χ0) is 16.4. The second kappa shape index (κ2) is 5.44. The normalized spacial score (nSPS) is 59.1. The Labute approximate surface area is 140 Å². The van der Waals surface area contributed by atoms with E-state index in [1.807, 2.05) is 0 Å². The summed E-state index contributed by atoms with van der Waals surface area (Å²) in [4.78, 5) is 0. The van der Waals surface area contributed by atoms with E-state index < -0.39 is 0 Å². The molecule has 4 fully saturated rings. The second-order valence-corrected chi connectivity index (χ2v) is 9.68. The van der Waals surface area contributed by atoms with Gasteiger partial charge in [-0.05, 0) is 79.4 Å². The number of fused-ring (bicyclic) bond motifs is 5. The van der Waals surface area contributed by atoms with E-state index in [2.05, 4.69) is 13.8 Å². The molecule has 0 heterocycles. The van der Waals surface area contributed by atoms with Gasteiger partial charge in [0, 0.05) is 7.11 Å². The quantitative estimate of drug-likeness (QED) is 0.778. The standard InChI is InChI=1S/C20H34O3/c1-19-8-4-5-14(19)13-7-6-12-9-15(21)17(23-3)11-20(12,2)18(13)16(22)10-19/h12-18,21-22H,4-11H2,1-3H3/t12-,13-,14-,15-,16?,17-,18+,19-,20-/m0/s1. The van der Waals surface area contributed by atoms with Gasteiger partial charge in [-0.3, -0.25) is 0 Å². The van der Waals surface area contributed by atoms with Crippen LogP contribution in [0.1, 0.15) is 65.2 Å². The number of aliphatic hydroxyl groups is 2. The topological polar surface area (TPSA) is 49.7 Å². The fourth-order valence-corrected chi connectivity index (χ4v) is 7.63. The summed E-state index contributed by atoms with van der Waals surface area (Å²) in [5.41, 5.74) is 0.505. The van der Waals surface area contributed by atoms with Gasteiger partial charge in [0.05, 0.1) is 18.3 Å². The van der Waals surface area contributed by atoms with E-state index in [0.29, 0.717) is 23.2 Å². The summed E-state index contributed by atoms with van der Waals surface area (Å²) < 4.78 is 5.61. The zero-order valence-corrected chi connectivity index (χ0v) is 15.0. The summed E-state index contributed by atoms with van der Waals surface area (Å²) in [7, 11) is 1.73. The number of ether oxygens (including phenoxy) is 1. The van der Waals surface area contributed by atoms with Crippen molar-refractivity contribution in [2.75, 3.05) is 7.11 Å². The first-order chi connectivity index (χ1) is 10.9. The van der Waals surface area contributed by atoms with Crippen LogP contribution in [0.15, 0.2) is 0 Å². The van der Waals surface area contributed by atoms with Crippen molar-refractivity contribution in [3.8, 4) is 0 Å². The van der Waals surface area contributed by atoms with Gasteiger partial charge < -0.3 is 14.9 Å². The minimum absolute atomic E-state index is 0.0564. The minimum Gasteiger partial charge on any atom is -0.393 e. The van der Waals surface area contributed by atoms with Crippen molar-refractivity contribution < 1.29 is 14.9 Å². The van der Waals surface area contributed by atoms with Crippen molar-refractivity contribution in [3.63, 3.8) is 0 Å². The average molecular weight is 322 g/mol. The fraction of sp³-hybridized carbons (Fsp3) is 1.00. The zero-order valence-electron chi connectivity index (χ0n) is 15.0. The van der Waals surface area contributed by atoms with Crippen molar-refractivity contribution in [3.05, 3.63) is 0 Å². The monoisotopic (exact) mass is 322 g/mol. The molecule has 2 N–H and O–H groups in total. The van der Waals surface area contributed by atoms with E-state index in [1.165, 1.54) is 32.1 Å². The first kappa shape index (κ1) is 16.4. The van der Waals surface area contributed by atoms with E-state index in [0.717, 1.165) is 25.2 Å². The van der Waals surface area contributed by atoms with E-state index in [-0.39, 0.29) is 23.7 Å². The Morgan fingerprint density at radius 1 is 1.00 bits per heavy atom. The Hall–Kier alpha value is -0.120. The molecule has 23 heavy (non-hydrogen) atoms. The largest absolute Gasteiger partial charge is 0.393 e. The fourth-order valence-electron chi connectivity index (χ4n) is 7.63. The van der Waals surface area contributed by atoms with Crippen LogP contribution in [0.25, 0.3) is 0 Å². The van der Waals surface area contributed by atoms with E-state index >= 15 is 0 Å². The lowest BCUT2D eigenvalue weighted by atomic mass is 9.44. The molecule has 4 aliphatic rings. The van der Waals surface area contributed by atoms with Gasteiger partial charge in [-0.2, -0.15) is 0 Å². The Bertz CT molecular complexity index is 466. The lowest BCUT2D eigenvalue weighted by Crippen LogP contribution is -2.60. The third-order valence-electron chi connectivity index (χ3n) is 8.67. The van der Waals surface area contributed by atoms with E-state index in [4.69, 9.17) is 4.74 Å². The van der Waals surface area contributed by atoms with Crippen molar-refractivity contribution in [1.29, 1.82) is 0 Å². The van der Waals surface area contributed by atoms with Gasteiger partial charge in [-0.15, -0.1) is 0 Å². The molecule has 1 unspecified atom stereocenters. The van der Waals surface area contributed by atoms with E-state index in [9.17, 15) is 10.2 Å². The highest BCUT2D eigenvalue weighted by molar-refractivity contribution is 5.11. The Morgan fingerprint density at radius 2 is 1.78 bits per heavy atom. The molecule has 0 amide bonds. The molecular formula is C20H34O3. The Balaban J connectivity index is 1.67. The lowest BCUT2D eigenvalue weighted by molar-refractivity contribution is -0.196. The molecule has 4 aliphatic carbocycles. The van der Waals surface area contributed by atoms with Crippen LogP contribution >= 0.6 is 0 Å². The lowest BCUT2D eigenvalue weighted by Gasteiger charge is -2.62. The molecule has 0 aromatic heterocycles. The van der Waals surface area contributed by atoms with Crippen molar-refractivity contribution in [1.82, 2.24) is 0 Å². The van der Waals surface area contributed by atoms with Gasteiger partial charge >= 0.3 is 0 Å². The van der Waals surface area contributed by atoms with Crippen molar-refractivity contribution in [2.24, 2.45) is 34.5 Å². The van der Waals surface area contributed by atoms with Crippen LogP contribution < -0.4 is 0 Å². The van der Waals surface area contributed by atoms with Crippen LogP contribution in [-0.4, -0.2) is 35.6 Å². The van der Waals surface area contributed by atoms with Gasteiger partial charge in [-0.1, -0.05) is 20.3 Å². The third kappa shape index (κ3) is 2.26. The molecule has 0 aromatic rings. The highest BCUT2D eigenvalue weighted by atomic mass is 16.5. The smallest absolute Gasteiger partial charge is 0.0835 e. The highest BCUT2D eigenvalue weighted by Crippen LogP contribution is 2.66. The highest BCUT2D eigenvalue weighted by Gasteiger charge is 2.61. The molecule has 4 rings (SSSR count). The summed E-state index contributed by atoms with van der Waals surface area (Å²) in [6, 6.07) is 0. The molecule has 0 spiro atoms. The van der Waals surface area contributed by atoms with Crippen LogP contribution in [0.5, 0.6) is 0 Å². The Morgan fingerprint density at radius 3 is 2.52 bits per heavy atom. The maximum Gasteiger partial charge on any atom is 0.0835 e. The van der Waals surface area contributed by atoms with Crippen LogP contribution in [0.2, 0.25) is 0 Å². The molecule has 0 aliphatic heterocycles. The van der Waals surface area contributed by atoms with Gasteiger partial charge in [0.15, 0.2) is 0 Å². The van der Waals surface area contributed by atoms with Crippen LogP contribution in [0, 0.1) is 34.5 Å². The first-order valence-electron chi connectivity index (χ1n) is 9.78. The predicted octanol–water partition coefficient (Wildman–Crippen LogP) is 3.38. The molecule has 3 nitrogen and oxygen atoms in total. The number of hydrogen-bond acceptors (Lipinski definition) is 3. The van der Waals surface area contributed by atoms with Crippen LogP contribution in [-0.2, 0) is 4.74 Å². The summed E-state index contributed by atoms with van der Waals surface area (Å²) in [5, 5.41) is 21.5. The van der Waals surface area contributed by atoms with Gasteiger partial charge in [0.25, 0.3) is 0 Å². The minimum atomic E-state index is -0.327.